The first kappa shape index (κ1) is 22.4. The van der Waals surface area contributed by atoms with E-state index in [1.165, 1.54) is 30.1 Å². The number of hydrogen-bond acceptors (Lipinski definition) is 6. The van der Waals surface area contributed by atoms with E-state index in [0.29, 0.717) is 5.69 Å². The number of aromatic nitrogens is 3. The first-order chi connectivity index (χ1) is 14.4. The minimum Gasteiger partial charge on any atom is -0.484 e. The number of alkyl halides is 6. The molecule has 3 rings (SSSR count). The lowest BCUT2D eigenvalue weighted by molar-refractivity contribution is -0.157. The maximum absolute atomic E-state index is 12.7. The normalized spacial score (nSPS) is 17.5. The molecule has 1 atom stereocenters. The average Bonchev–Trinajstić information content (AvgIpc) is 3.10. The Morgan fingerprint density at radius 2 is 1.65 bits per heavy atom. The van der Waals surface area contributed by atoms with Crippen LogP contribution in [0.5, 0.6) is 5.75 Å². The highest BCUT2D eigenvalue weighted by molar-refractivity contribution is 6.15. The quantitative estimate of drug-likeness (QED) is 0.653. The summed E-state index contributed by atoms with van der Waals surface area (Å²) in [5.41, 5.74) is 0.434. The number of hydrogen-bond donors (Lipinski definition) is 0. The lowest BCUT2D eigenvalue weighted by Crippen LogP contribution is -2.44. The molecule has 1 aromatic carbocycles. The number of halogens is 6. The van der Waals surface area contributed by atoms with Crippen molar-refractivity contribution in [2.45, 2.75) is 24.8 Å². The second-order valence-corrected chi connectivity index (χ2v) is 6.44. The minimum atomic E-state index is -4.69. The van der Waals surface area contributed by atoms with Crippen LogP contribution in [0.1, 0.15) is 18.2 Å². The van der Waals surface area contributed by atoms with Gasteiger partial charge in [0, 0.05) is 7.05 Å². The average molecular weight is 451 g/mol. The Kier molecular flexibility index (Phi) is 6.08. The third-order valence-electron chi connectivity index (χ3n) is 4.03. The molecule has 0 saturated carbocycles. The molecule has 168 valence electrons. The van der Waals surface area contributed by atoms with Gasteiger partial charge < -0.3 is 9.47 Å². The van der Waals surface area contributed by atoms with Gasteiger partial charge >= 0.3 is 12.4 Å². The molecule has 0 fully saturated rings. The van der Waals surface area contributed by atoms with Crippen LogP contribution in [0.25, 0.3) is 0 Å². The van der Waals surface area contributed by atoms with Crippen molar-refractivity contribution in [3.05, 3.63) is 36.2 Å². The molecule has 1 unspecified atom stereocenters. The Morgan fingerprint density at radius 3 is 2.19 bits per heavy atom. The molecule has 8 nitrogen and oxygen atoms in total. The first-order valence-electron chi connectivity index (χ1n) is 8.67. The van der Waals surface area contributed by atoms with Crippen LogP contribution < -0.4 is 9.64 Å². The van der Waals surface area contributed by atoms with Crippen LogP contribution in [0.3, 0.4) is 0 Å². The number of rotatable bonds is 5. The molecule has 0 spiro atoms. The van der Waals surface area contributed by atoms with Crippen LogP contribution in [-0.4, -0.2) is 52.5 Å². The molecule has 2 heterocycles. The van der Waals surface area contributed by atoms with E-state index in [9.17, 15) is 31.1 Å². The number of anilines is 1. The van der Waals surface area contributed by atoms with Crippen LogP contribution in [0.2, 0.25) is 0 Å². The lowest BCUT2D eigenvalue weighted by Gasteiger charge is -2.30. The summed E-state index contributed by atoms with van der Waals surface area (Å²) in [6.45, 7) is -3.21. The highest BCUT2D eigenvalue weighted by Gasteiger charge is 2.37. The van der Waals surface area contributed by atoms with Crippen molar-refractivity contribution in [3.8, 4) is 5.75 Å². The van der Waals surface area contributed by atoms with E-state index in [0.717, 1.165) is 17.0 Å². The van der Waals surface area contributed by atoms with Gasteiger partial charge in [0.1, 0.15) is 11.8 Å². The van der Waals surface area contributed by atoms with Gasteiger partial charge in [-0.05, 0) is 24.3 Å². The third kappa shape index (κ3) is 5.86. The van der Waals surface area contributed by atoms with Crippen molar-refractivity contribution >= 4 is 17.6 Å². The maximum Gasteiger partial charge on any atom is 0.422 e. The van der Waals surface area contributed by atoms with E-state index < -0.39 is 43.5 Å². The van der Waals surface area contributed by atoms with E-state index in [-0.39, 0.29) is 17.9 Å². The second kappa shape index (κ2) is 8.43. The summed E-state index contributed by atoms with van der Waals surface area (Å²) in [6.07, 6.45) is -8.12. The number of amidine groups is 1. The zero-order chi connectivity index (χ0) is 22.8. The van der Waals surface area contributed by atoms with Crippen LogP contribution in [0, 0.1) is 0 Å². The van der Waals surface area contributed by atoms with Gasteiger partial charge in [0.2, 0.25) is 5.91 Å². The second-order valence-electron chi connectivity index (χ2n) is 6.44. The molecule has 0 N–H and O–H groups in total. The summed E-state index contributed by atoms with van der Waals surface area (Å²) >= 11 is 0. The van der Waals surface area contributed by atoms with Crippen LogP contribution >= 0.6 is 0 Å². The molecule has 1 aromatic heterocycles. The number of ether oxygens (including phenoxy) is 2. The molecule has 0 radical (unpaired) electrons. The van der Waals surface area contributed by atoms with Gasteiger partial charge in [-0.15, -0.1) is 5.10 Å². The fourth-order valence-electron chi connectivity index (χ4n) is 2.73. The summed E-state index contributed by atoms with van der Waals surface area (Å²) in [4.78, 5) is 17.7. The zero-order valence-electron chi connectivity index (χ0n) is 15.8. The van der Waals surface area contributed by atoms with Crippen molar-refractivity contribution in [2.24, 2.45) is 12.0 Å². The predicted molar refractivity (Wildman–Crippen MR) is 93.3 cm³/mol. The third-order valence-corrected chi connectivity index (χ3v) is 4.03. The summed E-state index contributed by atoms with van der Waals surface area (Å²) in [5.74, 6) is -0.776. The molecule has 1 amide bonds. The Labute approximate surface area is 171 Å². The predicted octanol–water partition coefficient (Wildman–Crippen LogP) is 3.17. The van der Waals surface area contributed by atoms with Gasteiger partial charge in [0.05, 0.1) is 24.0 Å². The van der Waals surface area contributed by atoms with Crippen LogP contribution in [0.15, 0.2) is 35.5 Å². The van der Waals surface area contributed by atoms with Crippen molar-refractivity contribution in [1.82, 2.24) is 15.0 Å². The van der Waals surface area contributed by atoms with E-state index in [1.54, 1.807) is 0 Å². The lowest BCUT2D eigenvalue weighted by atomic mass is 10.1. The first-order valence-corrected chi connectivity index (χ1v) is 8.67. The van der Waals surface area contributed by atoms with Crippen LogP contribution in [-0.2, 0) is 16.6 Å². The van der Waals surface area contributed by atoms with Gasteiger partial charge in [-0.1, -0.05) is 5.21 Å². The molecular weight excluding hydrogens is 436 g/mol. The van der Waals surface area contributed by atoms with E-state index in [4.69, 9.17) is 4.74 Å². The van der Waals surface area contributed by atoms with Crippen molar-refractivity contribution < 1.29 is 40.6 Å². The Balaban J connectivity index is 1.87. The maximum atomic E-state index is 12.7. The molecule has 0 saturated heterocycles. The van der Waals surface area contributed by atoms with Crippen molar-refractivity contribution in [3.63, 3.8) is 0 Å². The standard InChI is InChI=1S/C17H15F6N5O3/c1-27-13(7-24-26-27)12-6-14(29)28(15(25-12)31-9-17(21,22)23)10-2-4-11(5-3-10)30-8-16(18,19)20/h2-5,7,12H,6,8-9H2,1H3. The Morgan fingerprint density at radius 1 is 1.03 bits per heavy atom. The summed E-state index contributed by atoms with van der Waals surface area (Å²) in [5, 5.41) is 7.36. The number of carbonyl (C=O) groups excluding carboxylic acids is 1. The monoisotopic (exact) mass is 451 g/mol. The smallest absolute Gasteiger partial charge is 0.422 e. The van der Waals surface area contributed by atoms with Gasteiger partial charge in [0.15, 0.2) is 13.2 Å². The zero-order valence-corrected chi connectivity index (χ0v) is 15.8. The van der Waals surface area contributed by atoms with E-state index >= 15 is 0 Å². The molecular formula is C17H15F6N5O3. The highest BCUT2D eigenvalue weighted by atomic mass is 19.4. The molecule has 2 aromatic rings. The minimum absolute atomic E-state index is 0.0480. The molecule has 0 bridgehead atoms. The fourth-order valence-corrected chi connectivity index (χ4v) is 2.73. The molecule has 1 aliphatic rings. The van der Waals surface area contributed by atoms with Crippen molar-refractivity contribution in [2.75, 3.05) is 18.1 Å². The number of aryl methyl sites for hydroxylation is 1. The van der Waals surface area contributed by atoms with Gasteiger partial charge in [-0.2, -0.15) is 26.3 Å². The number of carbonyl (C=O) groups is 1. The molecule has 1 aliphatic heterocycles. The Hall–Kier alpha value is -3.32. The number of amides is 1. The van der Waals surface area contributed by atoms with Crippen molar-refractivity contribution in [1.29, 1.82) is 0 Å². The molecule has 0 aliphatic carbocycles. The van der Waals surface area contributed by atoms with Gasteiger partial charge in [0.25, 0.3) is 6.02 Å². The largest absolute Gasteiger partial charge is 0.484 e. The number of benzene rings is 1. The highest BCUT2D eigenvalue weighted by Crippen LogP contribution is 2.31. The SMILES string of the molecule is Cn1nncc1C1CC(=O)N(c2ccc(OCC(F)(F)F)cc2)C(OCC(F)(F)F)=N1. The van der Waals surface area contributed by atoms with Gasteiger partial charge in [-0.3, -0.25) is 9.48 Å². The summed E-state index contributed by atoms with van der Waals surface area (Å²) < 4.78 is 85.5. The van der Waals surface area contributed by atoms with Gasteiger partial charge in [-0.25, -0.2) is 9.89 Å². The fraction of sp³-hybridized carbons (Fsp3) is 0.412. The molecule has 14 heteroatoms. The van der Waals surface area contributed by atoms with E-state index in [2.05, 4.69) is 20.0 Å². The molecule has 31 heavy (non-hydrogen) atoms. The summed E-state index contributed by atoms with van der Waals surface area (Å²) in [7, 11) is 1.53. The topological polar surface area (TPSA) is 81.8 Å². The summed E-state index contributed by atoms with van der Waals surface area (Å²) in [6, 6.07) is 3.23. The van der Waals surface area contributed by atoms with E-state index in [1.807, 2.05) is 0 Å². The Bertz CT molecular complexity index is 954. The number of aliphatic imine (C=N–C) groups is 1. The number of nitrogens with zero attached hydrogens (tertiary/aromatic N) is 5. The van der Waals surface area contributed by atoms with Crippen LogP contribution in [0.4, 0.5) is 32.0 Å².